The van der Waals surface area contributed by atoms with Crippen molar-refractivity contribution < 1.29 is 14.3 Å². The Hall–Kier alpha value is -1.71. The van der Waals surface area contributed by atoms with Gasteiger partial charge in [0.25, 0.3) is 0 Å². The van der Waals surface area contributed by atoms with Crippen LogP contribution in [0.4, 0.5) is 5.69 Å². The van der Waals surface area contributed by atoms with Crippen LogP contribution in [0.5, 0.6) is 5.75 Å². The van der Waals surface area contributed by atoms with E-state index in [1.807, 2.05) is 31.2 Å². The molecule has 0 aromatic heterocycles. The Morgan fingerprint density at radius 1 is 1.35 bits per heavy atom. The van der Waals surface area contributed by atoms with Crippen LogP contribution in [0.25, 0.3) is 0 Å². The molecule has 0 saturated heterocycles. The van der Waals surface area contributed by atoms with E-state index in [1.165, 1.54) is 12.8 Å². The molecule has 4 nitrogen and oxygen atoms in total. The fraction of sp³-hybridized carbons (Fsp3) is 0.562. The van der Waals surface area contributed by atoms with Gasteiger partial charge in [-0.2, -0.15) is 0 Å². The summed E-state index contributed by atoms with van der Waals surface area (Å²) in [5.74, 6) is 0.934. The molecule has 20 heavy (non-hydrogen) atoms. The first-order valence-corrected chi connectivity index (χ1v) is 7.32. The predicted octanol–water partition coefficient (Wildman–Crippen LogP) is 3.23. The Balaban J connectivity index is 2.16. The summed E-state index contributed by atoms with van der Waals surface area (Å²) in [6.45, 7) is 2.25. The molecule has 0 heterocycles. The van der Waals surface area contributed by atoms with E-state index in [0.29, 0.717) is 12.5 Å². The average molecular weight is 277 g/mol. The smallest absolute Gasteiger partial charge is 0.328 e. The number of hydrogen-bond acceptors (Lipinski definition) is 4. The zero-order chi connectivity index (χ0) is 14.4. The molecule has 4 heteroatoms. The van der Waals surface area contributed by atoms with Crippen molar-refractivity contribution in [3.05, 3.63) is 24.3 Å². The van der Waals surface area contributed by atoms with Crippen LogP contribution in [0.1, 0.15) is 32.6 Å². The maximum absolute atomic E-state index is 12.2. The summed E-state index contributed by atoms with van der Waals surface area (Å²) in [5, 5.41) is 3.33. The summed E-state index contributed by atoms with van der Waals surface area (Å²) < 4.78 is 10.6. The number of rotatable bonds is 6. The van der Waals surface area contributed by atoms with E-state index in [1.54, 1.807) is 7.11 Å². The van der Waals surface area contributed by atoms with Crippen LogP contribution >= 0.6 is 0 Å². The minimum absolute atomic E-state index is 0.162. The van der Waals surface area contributed by atoms with Crippen molar-refractivity contribution in [2.75, 3.05) is 19.0 Å². The van der Waals surface area contributed by atoms with Gasteiger partial charge in [0.15, 0.2) is 0 Å². The molecule has 0 spiro atoms. The molecule has 0 radical (unpaired) electrons. The standard InChI is InChI=1S/C16H23NO3/c1-3-20-16(18)15(12-8-4-5-9-12)17-13-10-6-7-11-14(13)19-2/h6-7,10-12,15,17H,3-5,8-9H2,1-2H3. The lowest BCUT2D eigenvalue weighted by molar-refractivity contribution is -0.145. The highest BCUT2D eigenvalue weighted by Gasteiger charge is 2.32. The van der Waals surface area contributed by atoms with Gasteiger partial charge in [-0.05, 0) is 37.8 Å². The van der Waals surface area contributed by atoms with Crippen LogP contribution in [0.2, 0.25) is 0 Å². The Morgan fingerprint density at radius 2 is 2.05 bits per heavy atom. The summed E-state index contributed by atoms with van der Waals surface area (Å²) in [6.07, 6.45) is 4.53. The van der Waals surface area contributed by atoms with Crippen molar-refractivity contribution >= 4 is 11.7 Å². The minimum Gasteiger partial charge on any atom is -0.495 e. The van der Waals surface area contributed by atoms with Crippen LogP contribution in [-0.4, -0.2) is 25.7 Å². The van der Waals surface area contributed by atoms with Crippen molar-refractivity contribution in [3.8, 4) is 5.75 Å². The zero-order valence-corrected chi connectivity index (χ0v) is 12.2. The molecule has 0 bridgehead atoms. The van der Waals surface area contributed by atoms with E-state index >= 15 is 0 Å². The lowest BCUT2D eigenvalue weighted by Gasteiger charge is -2.24. The van der Waals surface area contributed by atoms with Crippen molar-refractivity contribution in [2.45, 2.75) is 38.6 Å². The molecular formula is C16H23NO3. The first kappa shape index (κ1) is 14.7. The number of para-hydroxylation sites is 2. The van der Waals surface area contributed by atoms with E-state index in [2.05, 4.69) is 5.32 Å². The van der Waals surface area contributed by atoms with Crippen LogP contribution in [0.15, 0.2) is 24.3 Å². The number of methoxy groups -OCH3 is 1. The minimum atomic E-state index is -0.284. The number of hydrogen-bond donors (Lipinski definition) is 1. The number of carbonyl (C=O) groups excluding carboxylic acids is 1. The van der Waals surface area contributed by atoms with E-state index < -0.39 is 0 Å². The number of ether oxygens (including phenoxy) is 2. The van der Waals surface area contributed by atoms with Gasteiger partial charge in [-0.15, -0.1) is 0 Å². The van der Waals surface area contributed by atoms with Gasteiger partial charge in [-0.25, -0.2) is 4.79 Å². The Bertz CT molecular complexity index is 441. The Kier molecular flexibility index (Phi) is 5.27. The van der Waals surface area contributed by atoms with Crippen molar-refractivity contribution in [1.82, 2.24) is 0 Å². The molecule has 0 amide bonds. The van der Waals surface area contributed by atoms with Crippen LogP contribution in [0.3, 0.4) is 0 Å². The molecule has 1 fully saturated rings. The van der Waals surface area contributed by atoms with Gasteiger partial charge in [0.05, 0.1) is 19.4 Å². The molecule has 1 aromatic carbocycles. The second-order valence-electron chi connectivity index (χ2n) is 5.12. The molecule has 1 N–H and O–H groups in total. The van der Waals surface area contributed by atoms with Gasteiger partial charge < -0.3 is 14.8 Å². The Morgan fingerprint density at radius 3 is 2.70 bits per heavy atom. The predicted molar refractivity (Wildman–Crippen MR) is 79.0 cm³/mol. The molecule has 1 unspecified atom stereocenters. The maximum atomic E-state index is 12.2. The Labute approximate surface area is 120 Å². The van der Waals surface area contributed by atoms with Gasteiger partial charge in [0, 0.05) is 0 Å². The lowest BCUT2D eigenvalue weighted by Crippen LogP contribution is -2.37. The van der Waals surface area contributed by atoms with Crippen LogP contribution in [-0.2, 0) is 9.53 Å². The van der Waals surface area contributed by atoms with E-state index in [9.17, 15) is 4.79 Å². The number of anilines is 1. The summed E-state index contributed by atoms with van der Waals surface area (Å²) in [4.78, 5) is 12.2. The summed E-state index contributed by atoms with van der Waals surface area (Å²) in [5.41, 5.74) is 0.847. The third kappa shape index (κ3) is 3.44. The highest BCUT2D eigenvalue weighted by molar-refractivity contribution is 5.80. The van der Waals surface area contributed by atoms with Crippen LogP contribution < -0.4 is 10.1 Å². The van der Waals surface area contributed by atoms with Crippen molar-refractivity contribution in [3.63, 3.8) is 0 Å². The molecule has 1 aliphatic carbocycles. The first-order chi connectivity index (χ1) is 9.76. The molecule has 1 saturated carbocycles. The van der Waals surface area contributed by atoms with E-state index in [4.69, 9.17) is 9.47 Å². The summed E-state index contributed by atoms with van der Waals surface area (Å²) >= 11 is 0. The average Bonchev–Trinajstić information content (AvgIpc) is 2.99. The fourth-order valence-corrected chi connectivity index (χ4v) is 2.82. The summed E-state index contributed by atoms with van der Waals surface area (Å²) in [7, 11) is 1.63. The quantitative estimate of drug-likeness (QED) is 0.811. The monoisotopic (exact) mass is 277 g/mol. The molecule has 110 valence electrons. The number of nitrogens with one attached hydrogen (secondary N) is 1. The van der Waals surface area contributed by atoms with Crippen LogP contribution in [0, 0.1) is 5.92 Å². The number of esters is 1. The molecule has 1 aliphatic rings. The highest BCUT2D eigenvalue weighted by Crippen LogP contribution is 2.32. The first-order valence-electron chi connectivity index (χ1n) is 7.32. The molecular weight excluding hydrogens is 254 g/mol. The zero-order valence-electron chi connectivity index (χ0n) is 12.2. The van der Waals surface area contributed by atoms with Gasteiger partial charge in [-0.1, -0.05) is 25.0 Å². The second kappa shape index (κ2) is 7.17. The lowest BCUT2D eigenvalue weighted by atomic mass is 9.97. The van der Waals surface area contributed by atoms with Gasteiger partial charge in [0.2, 0.25) is 0 Å². The number of carbonyl (C=O) groups is 1. The SMILES string of the molecule is CCOC(=O)C(Nc1ccccc1OC)C1CCCC1. The number of benzene rings is 1. The van der Waals surface area contributed by atoms with Crippen molar-refractivity contribution in [2.24, 2.45) is 5.92 Å². The van der Waals surface area contributed by atoms with Gasteiger partial charge >= 0.3 is 5.97 Å². The van der Waals surface area contributed by atoms with Gasteiger partial charge in [-0.3, -0.25) is 0 Å². The topological polar surface area (TPSA) is 47.6 Å². The van der Waals surface area contributed by atoms with E-state index in [0.717, 1.165) is 24.3 Å². The molecule has 2 rings (SSSR count). The molecule has 1 aromatic rings. The maximum Gasteiger partial charge on any atom is 0.328 e. The third-order valence-corrected chi connectivity index (χ3v) is 3.83. The highest BCUT2D eigenvalue weighted by atomic mass is 16.5. The van der Waals surface area contributed by atoms with E-state index in [-0.39, 0.29) is 12.0 Å². The fourth-order valence-electron chi connectivity index (χ4n) is 2.82. The summed E-state index contributed by atoms with van der Waals surface area (Å²) in [6, 6.07) is 7.38. The largest absolute Gasteiger partial charge is 0.495 e. The molecule has 1 atom stereocenters. The third-order valence-electron chi connectivity index (χ3n) is 3.83. The van der Waals surface area contributed by atoms with Gasteiger partial charge in [0.1, 0.15) is 11.8 Å². The van der Waals surface area contributed by atoms with Crippen molar-refractivity contribution in [1.29, 1.82) is 0 Å². The normalized spacial score (nSPS) is 16.7. The molecule has 0 aliphatic heterocycles. The second-order valence-corrected chi connectivity index (χ2v) is 5.12.